The second-order valence-corrected chi connectivity index (χ2v) is 8.13. The third-order valence-corrected chi connectivity index (χ3v) is 5.94. The van der Waals surface area contributed by atoms with Crippen LogP contribution in [0.5, 0.6) is 0 Å². The topological polar surface area (TPSA) is 49.2 Å². The Hall–Kier alpha value is -2.77. The van der Waals surface area contributed by atoms with Gasteiger partial charge < -0.3 is 10.2 Å². The number of rotatable bonds is 5. The first-order valence-corrected chi connectivity index (χ1v) is 10.8. The van der Waals surface area contributed by atoms with Crippen LogP contribution >= 0.6 is 12.2 Å². The van der Waals surface area contributed by atoms with Crippen LogP contribution in [-0.4, -0.2) is 55.9 Å². The monoisotopic (exact) mass is 420 g/mol. The molecular weight excluding hydrogens is 392 g/mol. The molecule has 0 spiro atoms. The fourth-order valence-corrected chi connectivity index (χ4v) is 4.12. The molecule has 0 amide bonds. The van der Waals surface area contributed by atoms with Crippen molar-refractivity contribution in [2.24, 2.45) is 0 Å². The summed E-state index contributed by atoms with van der Waals surface area (Å²) >= 11 is 5.73. The van der Waals surface area contributed by atoms with E-state index in [2.05, 4.69) is 57.4 Å². The number of aryl methyl sites for hydroxylation is 1. The number of hydrogen-bond acceptors (Lipinski definition) is 4. The minimum Gasteiger partial charge on any atom is -0.346 e. The highest BCUT2D eigenvalue weighted by Gasteiger charge is 2.21. The normalized spacial score (nSPS) is 14.7. The number of pyridine rings is 1. The van der Waals surface area contributed by atoms with Crippen LogP contribution in [0.4, 0.5) is 5.69 Å². The van der Waals surface area contributed by atoms with Gasteiger partial charge in [-0.2, -0.15) is 5.10 Å². The lowest BCUT2D eigenvalue weighted by atomic mass is 10.2. The fraction of sp³-hybridized carbons (Fsp3) is 0.348. The summed E-state index contributed by atoms with van der Waals surface area (Å²) < 4.78 is 2.04. The molecule has 156 valence electrons. The standard InChI is InChI=1S/C23H28N6S/c1-18-22(19(2)29(26-18)17-20-7-4-3-5-8-20)25-23(30)28-13-11-27(12-14-28)16-21-9-6-10-24-15-21/h3-10,15H,11-14,16-17H2,1-2H3,(H,25,30). The molecule has 6 nitrogen and oxygen atoms in total. The zero-order chi connectivity index (χ0) is 20.9. The zero-order valence-electron chi connectivity index (χ0n) is 17.6. The summed E-state index contributed by atoms with van der Waals surface area (Å²) in [5.74, 6) is 0. The maximum absolute atomic E-state index is 5.73. The van der Waals surface area contributed by atoms with Crippen molar-refractivity contribution in [3.63, 3.8) is 0 Å². The van der Waals surface area contributed by atoms with E-state index in [1.165, 1.54) is 11.1 Å². The van der Waals surface area contributed by atoms with Gasteiger partial charge in [0.25, 0.3) is 0 Å². The molecule has 1 aromatic carbocycles. The zero-order valence-corrected chi connectivity index (χ0v) is 18.4. The average molecular weight is 421 g/mol. The predicted octanol–water partition coefficient (Wildman–Crippen LogP) is 3.46. The molecular formula is C23H28N6S. The average Bonchev–Trinajstić information content (AvgIpc) is 3.03. The van der Waals surface area contributed by atoms with E-state index in [9.17, 15) is 0 Å². The molecule has 30 heavy (non-hydrogen) atoms. The van der Waals surface area contributed by atoms with Gasteiger partial charge in [0.2, 0.25) is 0 Å². The van der Waals surface area contributed by atoms with E-state index in [1.54, 1.807) is 0 Å². The molecule has 0 saturated carbocycles. The first-order chi connectivity index (χ1) is 14.6. The van der Waals surface area contributed by atoms with Crippen LogP contribution in [0.15, 0.2) is 54.9 Å². The summed E-state index contributed by atoms with van der Waals surface area (Å²) in [7, 11) is 0. The second-order valence-electron chi connectivity index (χ2n) is 7.74. The maximum atomic E-state index is 5.73. The first-order valence-electron chi connectivity index (χ1n) is 10.4. The largest absolute Gasteiger partial charge is 0.346 e. The molecule has 0 unspecified atom stereocenters. The Morgan fingerprint density at radius 3 is 2.40 bits per heavy atom. The number of nitrogens with zero attached hydrogens (tertiary/aromatic N) is 5. The van der Waals surface area contributed by atoms with Crippen molar-refractivity contribution >= 4 is 23.0 Å². The number of anilines is 1. The summed E-state index contributed by atoms with van der Waals surface area (Å²) in [6.45, 7) is 9.64. The van der Waals surface area contributed by atoms with Crippen LogP contribution in [0, 0.1) is 13.8 Å². The van der Waals surface area contributed by atoms with Crippen LogP contribution in [0.1, 0.15) is 22.5 Å². The molecule has 3 heterocycles. The highest BCUT2D eigenvalue weighted by atomic mass is 32.1. The Kier molecular flexibility index (Phi) is 6.40. The Morgan fingerprint density at radius 1 is 0.967 bits per heavy atom. The van der Waals surface area contributed by atoms with Crippen LogP contribution in [0.3, 0.4) is 0 Å². The molecule has 0 bridgehead atoms. The number of thiocarbonyl (C=S) groups is 1. The summed E-state index contributed by atoms with van der Waals surface area (Å²) in [6.07, 6.45) is 3.76. The number of aromatic nitrogens is 3. The van der Waals surface area contributed by atoms with Gasteiger partial charge in [-0.15, -0.1) is 0 Å². The summed E-state index contributed by atoms with van der Waals surface area (Å²) in [6, 6.07) is 14.5. The smallest absolute Gasteiger partial charge is 0.173 e. The summed E-state index contributed by atoms with van der Waals surface area (Å²) in [4.78, 5) is 8.91. The van der Waals surface area contributed by atoms with Crippen LogP contribution in [-0.2, 0) is 13.1 Å². The number of nitrogens with one attached hydrogen (secondary N) is 1. The predicted molar refractivity (Wildman–Crippen MR) is 125 cm³/mol. The van der Waals surface area contributed by atoms with Crippen molar-refractivity contribution in [2.75, 3.05) is 31.5 Å². The number of hydrogen-bond donors (Lipinski definition) is 1. The van der Waals surface area contributed by atoms with Gasteiger partial charge in [0.05, 0.1) is 23.6 Å². The molecule has 3 aromatic rings. The lowest BCUT2D eigenvalue weighted by Gasteiger charge is -2.36. The van der Waals surface area contributed by atoms with Crippen molar-refractivity contribution in [1.29, 1.82) is 0 Å². The van der Waals surface area contributed by atoms with Gasteiger partial charge in [0.1, 0.15) is 0 Å². The number of benzene rings is 1. The van der Waals surface area contributed by atoms with Crippen molar-refractivity contribution in [3.05, 3.63) is 77.4 Å². The minimum absolute atomic E-state index is 0.759. The quantitative estimate of drug-likeness (QED) is 0.638. The summed E-state index contributed by atoms with van der Waals surface area (Å²) in [5, 5.41) is 8.97. The van der Waals surface area contributed by atoms with Crippen molar-refractivity contribution < 1.29 is 0 Å². The molecule has 1 N–H and O–H groups in total. The van der Waals surface area contributed by atoms with Gasteiger partial charge in [-0.05, 0) is 43.3 Å². The van der Waals surface area contributed by atoms with E-state index in [0.29, 0.717) is 0 Å². The van der Waals surface area contributed by atoms with E-state index in [-0.39, 0.29) is 0 Å². The summed E-state index contributed by atoms with van der Waals surface area (Å²) in [5.41, 5.74) is 5.59. The molecule has 1 saturated heterocycles. The van der Waals surface area contributed by atoms with E-state index in [1.807, 2.05) is 36.1 Å². The van der Waals surface area contributed by atoms with Gasteiger partial charge in [-0.25, -0.2) is 0 Å². The van der Waals surface area contributed by atoms with E-state index in [0.717, 1.165) is 61.5 Å². The highest BCUT2D eigenvalue weighted by molar-refractivity contribution is 7.80. The molecule has 1 aliphatic rings. The molecule has 7 heteroatoms. The first kappa shape index (κ1) is 20.5. The van der Waals surface area contributed by atoms with E-state index < -0.39 is 0 Å². The van der Waals surface area contributed by atoms with E-state index in [4.69, 9.17) is 17.3 Å². The van der Waals surface area contributed by atoms with Gasteiger partial charge in [-0.1, -0.05) is 36.4 Å². The molecule has 0 atom stereocenters. The molecule has 2 aromatic heterocycles. The Labute approximate surface area is 183 Å². The van der Waals surface area contributed by atoms with E-state index >= 15 is 0 Å². The third kappa shape index (κ3) is 4.86. The van der Waals surface area contributed by atoms with Crippen LogP contribution < -0.4 is 5.32 Å². The van der Waals surface area contributed by atoms with Gasteiger partial charge in [0, 0.05) is 45.1 Å². The maximum Gasteiger partial charge on any atom is 0.173 e. The van der Waals surface area contributed by atoms with Gasteiger partial charge in [-0.3, -0.25) is 14.6 Å². The fourth-order valence-electron chi connectivity index (χ4n) is 3.83. The molecule has 0 radical (unpaired) electrons. The lowest BCUT2D eigenvalue weighted by molar-refractivity contribution is 0.177. The van der Waals surface area contributed by atoms with Crippen molar-refractivity contribution in [1.82, 2.24) is 24.6 Å². The van der Waals surface area contributed by atoms with Crippen LogP contribution in [0.2, 0.25) is 0 Å². The third-order valence-electron chi connectivity index (χ3n) is 5.58. The van der Waals surface area contributed by atoms with Crippen molar-refractivity contribution in [3.8, 4) is 0 Å². The molecule has 4 rings (SSSR count). The molecule has 0 aliphatic carbocycles. The second kappa shape index (κ2) is 9.36. The Morgan fingerprint density at radius 2 is 1.70 bits per heavy atom. The highest BCUT2D eigenvalue weighted by Crippen LogP contribution is 2.21. The van der Waals surface area contributed by atoms with Crippen LogP contribution in [0.25, 0.3) is 0 Å². The van der Waals surface area contributed by atoms with Crippen molar-refractivity contribution in [2.45, 2.75) is 26.9 Å². The van der Waals surface area contributed by atoms with Gasteiger partial charge in [0.15, 0.2) is 5.11 Å². The SMILES string of the molecule is Cc1nn(Cc2ccccc2)c(C)c1NC(=S)N1CCN(Cc2cccnc2)CC1. The number of piperazine rings is 1. The molecule has 1 fully saturated rings. The molecule has 1 aliphatic heterocycles. The minimum atomic E-state index is 0.759. The lowest BCUT2D eigenvalue weighted by Crippen LogP contribution is -2.49. The Bertz CT molecular complexity index is 978. The Balaban J connectivity index is 1.34. The van der Waals surface area contributed by atoms with Gasteiger partial charge >= 0.3 is 0 Å².